The van der Waals surface area contributed by atoms with Crippen LogP contribution in [0.15, 0.2) is 200 Å². The minimum Gasteiger partial charge on any atom is -0.310 e. The molecule has 60 heavy (non-hydrogen) atoms. The van der Waals surface area contributed by atoms with Crippen LogP contribution in [0.2, 0.25) is 13.1 Å². The number of rotatable bonds is 3. The van der Waals surface area contributed by atoms with E-state index in [-0.39, 0.29) is 0 Å². The molecule has 0 amide bonds. The Labute approximate surface area is 354 Å². The van der Waals surface area contributed by atoms with Crippen molar-refractivity contribution in [2.45, 2.75) is 18.5 Å². The number of anilines is 3. The minimum absolute atomic E-state index is 0.468. The van der Waals surface area contributed by atoms with E-state index in [9.17, 15) is 0 Å². The third-order valence-electron chi connectivity index (χ3n) is 13.8. The van der Waals surface area contributed by atoms with Gasteiger partial charge in [-0.2, -0.15) is 0 Å². The standard InChI is InChI=1S/C57H39NSSi/c1-60(2)54-24-10-9-22-49(54)57(48-21-8-7-19-44(48)46-20-11-17-37-18-12-23-51(57)56(37)46)50-30-28-43(35-55(50)60)58(41-26-25-36-13-3-4-14-38(36)31-41)42-27-29-45-47-32-39-15-5-6-16-40(39)33-52(47)59-53(45)34-42/h3-35H,1-2H3. The lowest BCUT2D eigenvalue weighted by Gasteiger charge is -2.50. The summed E-state index contributed by atoms with van der Waals surface area (Å²) in [5.74, 6) is 0. The molecule has 0 bridgehead atoms. The van der Waals surface area contributed by atoms with Crippen LogP contribution < -0.4 is 15.3 Å². The van der Waals surface area contributed by atoms with Gasteiger partial charge in [-0.1, -0.05) is 165 Å². The van der Waals surface area contributed by atoms with Crippen molar-refractivity contribution in [3.05, 3.63) is 222 Å². The lowest BCUT2D eigenvalue weighted by atomic mass is 9.59. The van der Waals surface area contributed by atoms with E-state index in [1.54, 1.807) is 0 Å². The summed E-state index contributed by atoms with van der Waals surface area (Å²) in [6.45, 7) is 5.14. The van der Waals surface area contributed by atoms with E-state index in [2.05, 4.69) is 218 Å². The number of thiophene rings is 1. The van der Waals surface area contributed by atoms with Crippen LogP contribution in [0.5, 0.6) is 0 Å². The molecule has 1 aliphatic carbocycles. The molecule has 282 valence electrons. The van der Waals surface area contributed by atoms with Crippen molar-refractivity contribution < 1.29 is 0 Å². The van der Waals surface area contributed by atoms with Crippen LogP contribution >= 0.6 is 11.3 Å². The summed E-state index contributed by atoms with van der Waals surface area (Å²) in [5, 5.41) is 13.4. The van der Waals surface area contributed by atoms with Crippen molar-refractivity contribution >= 4 is 99.3 Å². The second-order valence-electron chi connectivity index (χ2n) is 17.3. The van der Waals surface area contributed by atoms with Crippen molar-refractivity contribution in [2.24, 2.45) is 0 Å². The fourth-order valence-corrected chi connectivity index (χ4v) is 15.5. The van der Waals surface area contributed by atoms with Crippen molar-refractivity contribution in [3.8, 4) is 11.1 Å². The maximum Gasteiger partial charge on any atom is 0.113 e. The summed E-state index contributed by atoms with van der Waals surface area (Å²) >= 11 is 1.90. The van der Waals surface area contributed by atoms with Gasteiger partial charge in [0.25, 0.3) is 0 Å². The Balaban J connectivity index is 1.09. The molecule has 13 rings (SSSR count). The Morgan fingerprint density at radius 1 is 0.383 bits per heavy atom. The van der Waals surface area contributed by atoms with E-state index in [4.69, 9.17) is 0 Å². The first-order chi connectivity index (χ1) is 29.5. The quantitative estimate of drug-likeness (QED) is 0.161. The second kappa shape index (κ2) is 12.4. The molecule has 1 aromatic heterocycles. The van der Waals surface area contributed by atoms with Gasteiger partial charge in [0.1, 0.15) is 8.07 Å². The highest BCUT2D eigenvalue weighted by molar-refractivity contribution is 7.26. The maximum atomic E-state index is 2.58. The molecule has 0 fully saturated rings. The summed E-state index contributed by atoms with van der Waals surface area (Å²) < 4.78 is 2.63. The minimum atomic E-state index is -2.28. The first-order valence-corrected chi connectivity index (χ1v) is 24.8. The molecular weight excluding hydrogens is 759 g/mol. The van der Waals surface area contributed by atoms with Crippen LogP contribution in [-0.4, -0.2) is 8.07 Å². The van der Waals surface area contributed by atoms with Gasteiger partial charge >= 0.3 is 0 Å². The topological polar surface area (TPSA) is 3.24 Å². The first-order valence-electron chi connectivity index (χ1n) is 21.0. The smallest absolute Gasteiger partial charge is 0.113 e. The van der Waals surface area contributed by atoms with Gasteiger partial charge in [-0.3, -0.25) is 0 Å². The van der Waals surface area contributed by atoms with E-state index in [0.717, 1.165) is 5.69 Å². The van der Waals surface area contributed by atoms with Gasteiger partial charge in [-0.05, 0) is 125 Å². The van der Waals surface area contributed by atoms with Gasteiger partial charge in [0.2, 0.25) is 0 Å². The van der Waals surface area contributed by atoms with Crippen LogP contribution in [0, 0.1) is 0 Å². The first kappa shape index (κ1) is 34.1. The molecule has 2 aliphatic rings. The van der Waals surface area contributed by atoms with E-state index < -0.39 is 13.5 Å². The van der Waals surface area contributed by atoms with Gasteiger partial charge in [0.15, 0.2) is 0 Å². The molecular formula is C57H39NSSi. The molecule has 2 heterocycles. The highest BCUT2D eigenvalue weighted by Gasteiger charge is 2.52. The number of hydrogen-bond acceptors (Lipinski definition) is 2. The van der Waals surface area contributed by atoms with Gasteiger partial charge < -0.3 is 4.90 Å². The van der Waals surface area contributed by atoms with Crippen molar-refractivity contribution in [3.63, 3.8) is 0 Å². The Morgan fingerprint density at radius 3 is 1.80 bits per heavy atom. The second-order valence-corrected chi connectivity index (χ2v) is 22.7. The summed E-state index contributed by atoms with van der Waals surface area (Å²) in [6.07, 6.45) is 0. The van der Waals surface area contributed by atoms with Gasteiger partial charge in [-0.25, -0.2) is 0 Å². The molecule has 11 aromatic rings. The zero-order chi connectivity index (χ0) is 39.7. The molecule has 0 radical (unpaired) electrons. The van der Waals surface area contributed by atoms with Crippen molar-refractivity contribution in [1.82, 2.24) is 0 Å². The monoisotopic (exact) mass is 797 g/mol. The largest absolute Gasteiger partial charge is 0.310 e. The molecule has 3 heteroatoms. The predicted octanol–water partition coefficient (Wildman–Crippen LogP) is 14.5. The zero-order valence-electron chi connectivity index (χ0n) is 33.4. The molecule has 1 unspecified atom stereocenters. The normalized spacial score (nSPS) is 16.0. The predicted molar refractivity (Wildman–Crippen MR) is 261 cm³/mol. The molecule has 0 saturated carbocycles. The third kappa shape index (κ3) is 4.56. The van der Waals surface area contributed by atoms with E-state index in [0.29, 0.717) is 0 Å². The number of fused-ring (bicyclic) bond motifs is 13. The average Bonchev–Trinajstić information content (AvgIpc) is 3.65. The Morgan fingerprint density at radius 2 is 0.950 bits per heavy atom. The van der Waals surface area contributed by atoms with Crippen molar-refractivity contribution in [2.75, 3.05) is 4.90 Å². The molecule has 1 aliphatic heterocycles. The highest BCUT2D eigenvalue weighted by Crippen LogP contribution is 2.56. The number of benzene rings is 10. The van der Waals surface area contributed by atoms with Gasteiger partial charge in [0, 0.05) is 37.2 Å². The van der Waals surface area contributed by atoms with E-state index >= 15 is 0 Å². The highest BCUT2D eigenvalue weighted by atomic mass is 32.1. The molecule has 1 spiro atoms. The SMILES string of the molecule is C[Si]1(C)c2ccccc2C2(c3ccccc3-c3cccc4cccc2c34)c2ccc(N(c3ccc4ccccc4c3)c3ccc4c(c3)sc3cc5ccccc5cc34)cc21. The van der Waals surface area contributed by atoms with Crippen LogP contribution in [-0.2, 0) is 5.41 Å². The lowest BCUT2D eigenvalue weighted by molar-refractivity contribution is 0.754. The van der Waals surface area contributed by atoms with Crippen LogP contribution in [0.1, 0.15) is 22.3 Å². The fourth-order valence-electron chi connectivity index (χ4n) is 11.2. The van der Waals surface area contributed by atoms with E-state index in [1.165, 1.54) is 108 Å². The number of hydrogen-bond donors (Lipinski definition) is 0. The number of nitrogens with zero attached hydrogens (tertiary/aromatic N) is 1. The summed E-state index contributed by atoms with van der Waals surface area (Å²) in [6, 6.07) is 76.2. The molecule has 0 N–H and O–H groups in total. The lowest BCUT2D eigenvalue weighted by Crippen LogP contribution is -2.63. The van der Waals surface area contributed by atoms with Crippen LogP contribution in [0.3, 0.4) is 0 Å². The fraction of sp³-hybridized carbons (Fsp3) is 0.0526. The Hall–Kier alpha value is -6.78. The maximum absolute atomic E-state index is 2.58. The molecule has 0 saturated heterocycles. The third-order valence-corrected chi connectivity index (χ3v) is 18.5. The summed E-state index contributed by atoms with van der Waals surface area (Å²) in [7, 11) is -2.28. The summed E-state index contributed by atoms with van der Waals surface area (Å²) in [5.41, 5.74) is 11.3. The van der Waals surface area contributed by atoms with Crippen LogP contribution in [0.25, 0.3) is 63.6 Å². The van der Waals surface area contributed by atoms with Gasteiger partial charge in [0.05, 0.1) is 5.41 Å². The molecule has 1 nitrogen and oxygen atoms in total. The van der Waals surface area contributed by atoms with Gasteiger partial charge in [-0.15, -0.1) is 11.3 Å². The van der Waals surface area contributed by atoms with E-state index in [1.807, 2.05) is 11.3 Å². The molecule has 10 aromatic carbocycles. The molecule has 1 atom stereocenters. The summed E-state index contributed by atoms with van der Waals surface area (Å²) in [4.78, 5) is 2.51. The van der Waals surface area contributed by atoms with Crippen LogP contribution in [0.4, 0.5) is 17.1 Å². The van der Waals surface area contributed by atoms with Crippen molar-refractivity contribution in [1.29, 1.82) is 0 Å². The Bertz CT molecular complexity index is 3610. The zero-order valence-corrected chi connectivity index (χ0v) is 35.2. The average molecular weight is 798 g/mol. The Kier molecular flexibility index (Phi) is 7.04.